The molecule has 15 atom stereocenters. The topological polar surface area (TPSA) is 239 Å². The summed E-state index contributed by atoms with van der Waals surface area (Å²) in [5.74, 6) is 0.124. The number of carbonyl (C=O) groups is 2. The minimum Gasteiger partial charge on any atom is -0.444 e. The lowest BCUT2D eigenvalue weighted by Gasteiger charge is -2.45. The number of amides is 2. The fourth-order valence-corrected chi connectivity index (χ4v) is 19.0. The number of nitrogens with one attached hydrogen (secondary N) is 6. The third kappa shape index (κ3) is 22.6. The number of hydrogen-bond acceptors (Lipinski definition) is 19. The van der Waals surface area contributed by atoms with Crippen LogP contribution in [0.25, 0.3) is 0 Å². The van der Waals surface area contributed by atoms with E-state index in [1.165, 1.54) is 50.3 Å². The Morgan fingerprint density at radius 1 is 0.530 bits per heavy atom. The van der Waals surface area contributed by atoms with Crippen molar-refractivity contribution in [3.05, 3.63) is 241 Å². The molecule has 4 saturated heterocycles. The van der Waals surface area contributed by atoms with E-state index in [0.29, 0.717) is 47.5 Å². The van der Waals surface area contributed by atoms with E-state index in [2.05, 4.69) is 137 Å². The monoisotopic (exact) mass is 1710 g/mol. The Kier molecular flexibility index (Phi) is 29.4. The fraction of sp³-hybridized carbons (Fsp3) is 0.461. The summed E-state index contributed by atoms with van der Waals surface area (Å²) in [6, 6.07) is 53.8. The number of alkyl carbamates (subject to hydrolysis) is 1. The van der Waals surface area contributed by atoms with Crippen molar-refractivity contribution in [1.82, 2.24) is 10.6 Å². The van der Waals surface area contributed by atoms with Crippen LogP contribution in [0.3, 0.4) is 0 Å². The smallest absolute Gasteiger partial charge is 0.416 e. The van der Waals surface area contributed by atoms with Gasteiger partial charge >= 0.3 is 12.3 Å². The largest absolute Gasteiger partial charge is 0.444 e. The van der Waals surface area contributed by atoms with Crippen LogP contribution in [0.15, 0.2) is 180 Å². The molecular formula is C89H109ClF4N6O13S4. The lowest BCUT2D eigenvalue weighted by atomic mass is 9.76. The van der Waals surface area contributed by atoms with Crippen molar-refractivity contribution in [3.63, 3.8) is 0 Å². The molecular weight excluding hydrogens is 1600 g/mol. The summed E-state index contributed by atoms with van der Waals surface area (Å²) < 4.78 is 139. The normalized spacial score (nSPS) is 25.3. The average molecular weight is 1710 g/mol. The minimum absolute atomic E-state index is 0. The number of anilines is 4. The van der Waals surface area contributed by atoms with Crippen molar-refractivity contribution in [2.75, 3.05) is 72.9 Å². The number of alkyl halides is 3. The summed E-state index contributed by atoms with van der Waals surface area (Å²) in [5.41, 5.74) is 11.0. The molecule has 0 unspecified atom stereocenters. The van der Waals surface area contributed by atoms with Gasteiger partial charge in [-0.1, -0.05) is 138 Å². The molecule has 8 aliphatic rings. The zero-order valence-electron chi connectivity index (χ0n) is 65.7. The van der Waals surface area contributed by atoms with Gasteiger partial charge in [-0.3, -0.25) is 13.2 Å². The van der Waals surface area contributed by atoms with E-state index >= 15 is 0 Å². The molecule has 0 saturated carbocycles. The Labute approximate surface area is 699 Å². The van der Waals surface area contributed by atoms with Gasteiger partial charge in [-0.05, 0) is 184 Å². The van der Waals surface area contributed by atoms with Crippen LogP contribution in [-0.2, 0) is 68.7 Å². The molecule has 9 heterocycles. The zero-order valence-corrected chi connectivity index (χ0v) is 69.7. The summed E-state index contributed by atoms with van der Waals surface area (Å²) in [4.78, 5) is 27.2. The van der Waals surface area contributed by atoms with Crippen LogP contribution in [0.2, 0.25) is 5.02 Å². The van der Waals surface area contributed by atoms with E-state index in [4.69, 9.17) is 43.7 Å². The highest BCUT2D eigenvalue weighted by Gasteiger charge is 2.48. The number of thioether (sulfide) groups is 1. The molecule has 19 nitrogen and oxygen atoms in total. The van der Waals surface area contributed by atoms with Gasteiger partial charge in [0.05, 0.1) is 92.1 Å². The Morgan fingerprint density at radius 2 is 0.991 bits per heavy atom. The van der Waals surface area contributed by atoms with Crippen molar-refractivity contribution >= 4 is 89.7 Å². The fourth-order valence-electron chi connectivity index (χ4n) is 16.7. The first kappa shape index (κ1) is 90.0. The van der Waals surface area contributed by atoms with Crippen molar-refractivity contribution in [2.45, 2.75) is 190 Å². The highest BCUT2D eigenvalue weighted by molar-refractivity contribution is 7.98. The third-order valence-electron chi connectivity index (χ3n) is 22.2. The van der Waals surface area contributed by atoms with Crippen LogP contribution in [0.4, 0.5) is 45.1 Å². The molecule has 2 amide bonds. The van der Waals surface area contributed by atoms with Crippen molar-refractivity contribution in [3.8, 4) is 0 Å². The van der Waals surface area contributed by atoms with Crippen LogP contribution >= 0.6 is 34.7 Å². The first-order valence-electron chi connectivity index (χ1n) is 39.0. The molecule has 0 aliphatic carbocycles. The molecule has 8 aromatic rings. The first-order valence-corrected chi connectivity index (χ1v) is 45.1. The quantitative estimate of drug-likeness (QED) is 0.0242. The second-order valence-corrected chi connectivity index (χ2v) is 38.1. The highest BCUT2D eigenvalue weighted by atomic mass is 35.5. The van der Waals surface area contributed by atoms with Gasteiger partial charge in [-0.15, -0.1) is 23.1 Å². The van der Waals surface area contributed by atoms with Gasteiger partial charge in [-0.25, -0.2) is 9.18 Å². The van der Waals surface area contributed by atoms with Gasteiger partial charge in [0.25, 0.3) is 20.2 Å². The number of halogens is 5. The molecule has 0 bridgehead atoms. The van der Waals surface area contributed by atoms with E-state index in [9.17, 15) is 44.0 Å². The van der Waals surface area contributed by atoms with E-state index < -0.39 is 55.9 Å². The Bertz CT molecular complexity index is 4910. The van der Waals surface area contributed by atoms with Gasteiger partial charge in [-0.2, -0.15) is 30.0 Å². The van der Waals surface area contributed by atoms with E-state index in [0.717, 1.165) is 90.6 Å². The zero-order chi connectivity index (χ0) is 81.7. The summed E-state index contributed by atoms with van der Waals surface area (Å²) in [7, 11) is -7.00. The molecule has 4 fully saturated rings. The maximum Gasteiger partial charge on any atom is 0.416 e. The second-order valence-electron chi connectivity index (χ2n) is 32.5. The maximum atomic E-state index is 13.5. The molecule has 1 aromatic heterocycles. The SMILES string of the molecule is C.C.CC(C)(C)OC(=O)NCCNC(=O)[C@@H]1CC[C@@H]2[C@H](O1)c1cc(C(F)(F)F)ccc1N[C@H]2c1ccccc1.CC(C)(C)c1ccc2c(c1)[C@H]1OCC[C@H]1[C@H](c1cccs1)N2.CS(=O)(=O)OC[C@H]1CC[C@@H]2[C@H](O1)c1cc(Cl)ccc1N[C@H]2c1ccc(F)cc1.CSc1ccc2c(c1)[C@H]1O[C@@H](COS(C)(=O)=O)CC[C@H]1[C@H](c1ccccc1)N2. The predicted molar refractivity (Wildman–Crippen MR) is 455 cm³/mol. The molecule has 632 valence electrons. The van der Waals surface area contributed by atoms with Gasteiger partial charge in [0.1, 0.15) is 17.5 Å². The molecule has 7 aromatic carbocycles. The van der Waals surface area contributed by atoms with Crippen molar-refractivity contribution in [1.29, 1.82) is 0 Å². The molecule has 16 rings (SSSR count). The standard InChI is InChI=1S/C27H32F3N3O4.C21H25NO4S2.C20H21ClFNO4S.C19H23NOS.2CH4/c1-26(2,3)37-25(35)32-14-13-31-24(34)21-12-10-18-22(16-7-5-4-6-8-16)33-20-11-9-17(27(28,29)30)15-19(20)23(18)36-21;1-27-16-9-11-19-18(12-16)21-17(20(22-19)14-6-4-3-5-7-14)10-8-15(26-21)13-25-28(2,23)24;1-28(24,25)26-11-15-7-8-16-19(12-2-5-14(22)6-3-12)23-18-9-4-13(21)10-17(18)20(16)27-15;1-19(2,3)12-6-7-15-14(11-12)18-13(8-9-21-18)17(20-15)16-5-4-10-22-16;;/h4-9,11,15,18,21-23,33H,10,12-14H2,1-3H3,(H,31,34)(H,32,35);3-7,9,11-12,15,17,20-22H,8,10,13H2,1-2H3;2-6,9-10,15-16,19-20,23H,7-8,11H2,1H3;4-7,10-11,13,17-18,20H,8-9H2,1-3H3;2*1H4/t18-,21-,22-,23-;15-,17+,20+,21+;15-,16+,19+,20+;13-,17+,18-;;/m0110../s1. The summed E-state index contributed by atoms with van der Waals surface area (Å²) >= 11 is 9.75. The van der Waals surface area contributed by atoms with Crippen molar-refractivity contribution < 1.29 is 76.0 Å². The Hall–Kier alpha value is -7.80. The van der Waals surface area contributed by atoms with Gasteiger partial charge < -0.3 is 55.6 Å². The summed E-state index contributed by atoms with van der Waals surface area (Å²) in [6.07, 6.45) is 2.28. The van der Waals surface area contributed by atoms with E-state index in [1.54, 1.807) is 44.7 Å². The maximum absolute atomic E-state index is 13.5. The molecule has 8 aliphatic heterocycles. The molecule has 28 heteroatoms. The lowest BCUT2D eigenvalue weighted by molar-refractivity contribution is -0.149. The number of carbonyl (C=O) groups excluding carboxylic acids is 2. The van der Waals surface area contributed by atoms with Crippen LogP contribution in [-0.4, -0.2) is 104 Å². The number of benzene rings is 7. The van der Waals surface area contributed by atoms with Gasteiger partial charge in [0.15, 0.2) is 0 Å². The van der Waals surface area contributed by atoms with Gasteiger partial charge in [0.2, 0.25) is 5.91 Å². The average Bonchev–Trinajstić information content (AvgIpc) is 1.39. The van der Waals surface area contributed by atoms with E-state index in [-0.39, 0.29) is 125 Å². The molecule has 117 heavy (non-hydrogen) atoms. The third-order valence-corrected chi connectivity index (χ3v) is 25.2. The van der Waals surface area contributed by atoms with Crippen LogP contribution < -0.4 is 31.9 Å². The van der Waals surface area contributed by atoms with Crippen LogP contribution in [0.1, 0.15) is 205 Å². The van der Waals surface area contributed by atoms with E-state index in [1.807, 2.05) is 65.9 Å². The van der Waals surface area contributed by atoms with Crippen LogP contribution in [0.5, 0.6) is 0 Å². The minimum atomic E-state index is -4.49. The number of fused-ring (bicyclic) bond motifs is 12. The first-order chi connectivity index (χ1) is 54.7. The molecule has 0 spiro atoms. The highest BCUT2D eigenvalue weighted by Crippen LogP contribution is 2.56. The summed E-state index contributed by atoms with van der Waals surface area (Å²) in [5, 5.41) is 22.5. The van der Waals surface area contributed by atoms with Crippen LogP contribution in [0, 0.1) is 29.5 Å². The lowest BCUT2D eigenvalue weighted by Crippen LogP contribution is -2.46. The number of thiophene rings is 1. The number of ether oxygens (including phenoxy) is 5. The second kappa shape index (κ2) is 38.3. The molecule has 0 radical (unpaired) electrons. The number of rotatable bonds is 15. The predicted octanol–water partition coefficient (Wildman–Crippen LogP) is 20.8. The molecule has 6 N–H and O–H groups in total. The number of hydrogen-bond donors (Lipinski definition) is 6. The Balaban J connectivity index is 0.000000154. The van der Waals surface area contributed by atoms with Crippen molar-refractivity contribution in [2.24, 2.45) is 23.7 Å². The Morgan fingerprint density at radius 3 is 1.50 bits per heavy atom. The van der Waals surface area contributed by atoms with Gasteiger partial charge in [0, 0.05) is 103 Å². The summed E-state index contributed by atoms with van der Waals surface area (Å²) in [6.45, 7) is 13.3.